The first-order valence-electron chi connectivity index (χ1n) is 5.60. The van der Waals surface area contributed by atoms with Crippen molar-refractivity contribution in [1.29, 1.82) is 5.53 Å². The van der Waals surface area contributed by atoms with Gasteiger partial charge in [-0.25, -0.2) is 9.59 Å². The van der Waals surface area contributed by atoms with Gasteiger partial charge in [0.15, 0.2) is 0 Å². The fourth-order valence-electron chi connectivity index (χ4n) is 1.13. The fourth-order valence-corrected chi connectivity index (χ4v) is 1.13. The van der Waals surface area contributed by atoms with E-state index < -0.39 is 29.5 Å². The van der Waals surface area contributed by atoms with Crippen molar-refractivity contribution in [3.63, 3.8) is 0 Å². The summed E-state index contributed by atoms with van der Waals surface area (Å²) in [5, 5.41) is 11.1. The van der Waals surface area contributed by atoms with Crippen LogP contribution in [0.1, 0.15) is 33.6 Å². The maximum atomic E-state index is 11.4. The van der Waals surface area contributed by atoms with E-state index >= 15 is 0 Å². The van der Waals surface area contributed by atoms with Crippen LogP contribution in [-0.4, -0.2) is 45.6 Å². The Kier molecular flexibility index (Phi) is 6.43. The third kappa shape index (κ3) is 8.50. The van der Waals surface area contributed by atoms with Crippen LogP contribution in [0.4, 0.5) is 4.79 Å². The van der Waals surface area contributed by atoms with Gasteiger partial charge in [0, 0.05) is 6.42 Å². The summed E-state index contributed by atoms with van der Waals surface area (Å²) in [7, 11) is 0. The molecule has 19 heavy (non-hydrogen) atoms. The van der Waals surface area contributed by atoms with Gasteiger partial charge >= 0.3 is 18.3 Å². The molecule has 3 N–H and O–H groups in total. The number of carbonyl (C=O) groups excluding carboxylic acids is 2. The van der Waals surface area contributed by atoms with E-state index in [1.54, 1.807) is 20.8 Å². The summed E-state index contributed by atoms with van der Waals surface area (Å²) in [6, 6.07) is -1.22. The first-order valence-corrected chi connectivity index (χ1v) is 5.60. The van der Waals surface area contributed by atoms with Crippen molar-refractivity contribution in [3.8, 4) is 0 Å². The minimum Gasteiger partial charge on any atom is -0.480 e. The highest BCUT2D eigenvalue weighted by Gasteiger charge is 2.24. The molecule has 0 saturated heterocycles. The molecule has 0 heterocycles. The van der Waals surface area contributed by atoms with Gasteiger partial charge in [-0.15, -0.1) is 0 Å². The number of alkyl carbamates (subject to hydrolysis) is 1. The van der Waals surface area contributed by atoms with Crippen molar-refractivity contribution in [2.45, 2.75) is 45.3 Å². The Balaban J connectivity index is 4.42. The topological polar surface area (TPSA) is 131 Å². The van der Waals surface area contributed by atoms with E-state index in [2.05, 4.69) is 10.1 Å². The van der Waals surface area contributed by atoms with Crippen LogP contribution in [0, 0.1) is 5.53 Å². The molecule has 1 amide bonds. The highest BCUT2D eigenvalue weighted by Crippen LogP contribution is 2.07. The zero-order chi connectivity index (χ0) is 15.1. The smallest absolute Gasteiger partial charge is 0.408 e. The molecule has 0 aromatic rings. The highest BCUT2D eigenvalue weighted by molar-refractivity contribution is 6.25. The van der Waals surface area contributed by atoms with Crippen LogP contribution in [0.3, 0.4) is 0 Å². The number of hydrogen-bond acceptors (Lipinski definition) is 5. The molecule has 0 radical (unpaired) electrons. The number of hydrogen-bond donors (Lipinski definition) is 3. The van der Waals surface area contributed by atoms with Crippen LogP contribution in [0.5, 0.6) is 0 Å². The van der Waals surface area contributed by atoms with E-state index in [0.29, 0.717) is 0 Å². The lowest BCUT2D eigenvalue weighted by molar-refractivity contribution is -0.140. The van der Waals surface area contributed by atoms with E-state index in [-0.39, 0.29) is 12.8 Å². The summed E-state index contributed by atoms with van der Waals surface area (Å²) in [4.78, 5) is 36.2. The van der Waals surface area contributed by atoms with Gasteiger partial charge in [-0.1, -0.05) is 0 Å². The molecule has 1 atom stereocenters. The van der Waals surface area contributed by atoms with Crippen molar-refractivity contribution in [1.82, 2.24) is 5.32 Å². The number of ether oxygens (including phenoxy) is 1. The first-order chi connectivity index (χ1) is 8.65. The van der Waals surface area contributed by atoms with Gasteiger partial charge < -0.3 is 15.2 Å². The number of rotatable bonds is 6. The minimum absolute atomic E-state index is 0.0978. The third-order valence-corrected chi connectivity index (χ3v) is 1.88. The lowest BCUT2D eigenvalue weighted by Gasteiger charge is -2.21. The van der Waals surface area contributed by atoms with Crippen molar-refractivity contribution in [2.24, 2.45) is 0 Å². The molecule has 0 rings (SSSR count). The third-order valence-electron chi connectivity index (χ3n) is 1.88. The largest absolute Gasteiger partial charge is 0.480 e. The number of ketones is 1. The number of aliphatic carboxylic acids is 1. The summed E-state index contributed by atoms with van der Waals surface area (Å²) >= 11 is 0. The molecule has 1 unspecified atom stereocenters. The van der Waals surface area contributed by atoms with Crippen LogP contribution in [0.2, 0.25) is 0 Å². The fraction of sp³-hybridized carbons (Fsp3) is 0.636. The van der Waals surface area contributed by atoms with E-state index in [1.165, 1.54) is 0 Å². The number of carboxylic acid groups (broad SMARTS) is 1. The van der Waals surface area contributed by atoms with Crippen molar-refractivity contribution < 1.29 is 29.0 Å². The van der Waals surface area contributed by atoms with Crippen molar-refractivity contribution in [3.05, 3.63) is 0 Å². The number of amides is 1. The van der Waals surface area contributed by atoms with E-state index in [1.807, 2.05) is 0 Å². The summed E-state index contributed by atoms with van der Waals surface area (Å²) in [5.41, 5.74) is 5.72. The maximum Gasteiger partial charge on any atom is 0.408 e. The quantitative estimate of drug-likeness (QED) is 0.370. The summed E-state index contributed by atoms with van der Waals surface area (Å²) in [5.74, 6) is -1.74. The number of nitrogens with one attached hydrogen (secondary N) is 2. The average molecular weight is 272 g/mol. The second-order valence-electron chi connectivity index (χ2n) is 4.80. The molecule has 0 aliphatic rings. The van der Waals surface area contributed by atoms with Crippen molar-refractivity contribution in [2.75, 3.05) is 0 Å². The summed E-state index contributed by atoms with van der Waals surface area (Å²) in [6.45, 7) is 4.95. The van der Waals surface area contributed by atoms with Crippen LogP contribution in [0.25, 0.3) is 0 Å². The Morgan fingerprint density at radius 3 is 2.42 bits per heavy atom. The average Bonchev–Trinajstić information content (AvgIpc) is 2.21. The predicted octanol–water partition coefficient (Wildman–Crippen LogP) is 0.624. The minimum atomic E-state index is -1.26. The molecule has 0 bridgehead atoms. The number of nitrogens with zero attached hydrogens (tertiary/aromatic N) is 1. The molecule has 8 heteroatoms. The van der Waals surface area contributed by atoms with Gasteiger partial charge in [-0.2, -0.15) is 0 Å². The predicted molar refractivity (Wildman–Crippen MR) is 64.1 cm³/mol. The Morgan fingerprint density at radius 1 is 1.42 bits per heavy atom. The second-order valence-corrected chi connectivity index (χ2v) is 4.80. The van der Waals surface area contributed by atoms with E-state index in [4.69, 9.17) is 15.4 Å². The van der Waals surface area contributed by atoms with Gasteiger partial charge in [0.2, 0.25) is 5.78 Å². The molecule has 0 aromatic heterocycles. The Hall–Kier alpha value is -2.21. The second kappa shape index (κ2) is 7.27. The zero-order valence-corrected chi connectivity index (χ0v) is 11.1. The van der Waals surface area contributed by atoms with Gasteiger partial charge in [-0.05, 0) is 27.2 Å². The summed E-state index contributed by atoms with van der Waals surface area (Å²) in [6.07, 6.45) is -0.303. The maximum absolute atomic E-state index is 11.4. The number of Topliss-reactive ketones (excluding diaryl/α,β-unsaturated/α-hetero) is 1. The molecule has 0 aliphatic carbocycles. The number of carboxylic acids is 1. The SMILES string of the molecule is CC(C)(C)OC(=O)NC(CCC(=O)C=[N+]=N)C(=O)O. The van der Waals surface area contributed by atoms with E-state index in [9.17, 15) is 14.4 Å². The first kappa shape index (κ1) is 16.8. The van der Waals surface area contributed by atoms with Gasteiger partial charge in [-0.3, -0.25) is 4.79 Å². The van der Waals surface area contributed by atoms with Gasteiger partial charge in [0.1, 0.15) is 11.6 Å². The Bertz CT molecular complexity index is 407. The van der Waals surface area contributed by atoms with Crippen LogP contribution < -0.4 is 5.32 Å². The van der Waals surface area contributed by atoms with Gasteiger partial charge in [0.25, 0.3) is 0 Å². The molecule has 0 aliphatic heterocycles. The highest BCUT2D eigenvalue weighted by atomic mass is 16.6. The van der Waals surface area contributed by atoms with Gasteiger partial charge in [0.05, 0.1) is 10.3 Å². The van der Waals surface area contributed by atoms with Crippen LogP contribution in [-0.2, 0) is 14.3 Å². The molecule has 106 valence electrons. The number of carbonyl (C=O) groups is 3. The lowest BCUT2D eigenvalue weighted by atomic mass is 10.1. The Labute approximate surface area is 110 Å². The monoisotopic (exact) mass is 272 g/mol. The normalized spacial score (nSPS) is 11.9. The molecule has 0 spiro atoms. The molecule has 8 nitrogen and oxygen atoms in total. The molecular formula is C11H18N3O5+. The molecular weight excluding hydrogens is 254 g/mol. The zero-order valence-electron chi connectivity index (χ0n) is 11.1. The van der Waals surface area contributed by atoms with E-state index in [0.717, 1.165) is 6.21 Å². The standard InChI is InChI=1S/C11H17N3O5/c1-11(2,3)19-10(18)14-8(9(16)17)5-4-7(15)6-13-12/h6,8,12H,4-5H2,1-3H3,(H-,14,16,17,18)/p+1. The van der Waals surface area contributed by atoms with Crippen LogP contribution in [0.15, 0.2) is 0 Å². The molecule has 0 saturated carbocycles. The van der Waals surface area contributed by atoms with Crippen molar-refractivity contribution >= 4 is 24.1 Å². The Morgan fingerprint density at radius 2 is 2.00 bits per heavy atom. The molecule has 0 aromatic carbocycles. The lowest BCUT2D eigenvalue weighted by Crippen LogP contribution is -2.43. The summed E-state index contributed by atoms with van der Waals surface area (Å²) < 4.78 is 4.92. The molecule has 0 fully saturated rings. The van der Waals surface area contributed by atoms with Crippen LogP contribution >= 0.6 is 0 Å².